The molecule has 0 aliphatic rings. The van der Waals surface area contributed by atoms with E-state index in [0.29, 0.717) is 13.0 Å². The number of aliphatic hydroxyl groups is 1. The van der Waals surface area contributed by atoms with Gasteiger partial charge in [-0.25, -0.2) is 0 Å². The molecule has 3 nitrogen and oxygen atoms in total. The number of nitriles is 1. The zero-order valence-electron chi connectivity index (χ0n) is 4.79. The van der Waals surface area contributed by atoms with Gasteiger partial charge in [0, 0.05) is 0 Å². The molecular formula is C5H9NO2. The molecule has 0 saturated carbocycles. The van der Waals surface area contributed by atoms with Gasteiger partial charge in [0.25, 0.3) is 0 Å². The van der Waals surface area contributed by atoms with Crippen molar-refractivity contribution < 1.29 is 9.84 Å². The lowest BCUT2D eigenvalue weighted by atomic mass is 10.5. The monoisotopic (exact) mass is 115 g/mol. The molecule has 1 unspecified atom stereocenters. The molecule has 0 radical (unpaired) electrons. The van der Waals surface area contributed by atoms with Crippen molar-refractivity contribution in [3.05, 3.63) is 0 Å². The van der Waals surface area contributed by atoms with Crippen LogP contribution in [0.25, 0.3) is 0 Å². The lowest BCUT2D eigenvalue weighted by Gasteiger charge is -2.01. The first kappa shape index (κ1) is 7.41. The molecule has 0 fully saturated rings. The second-order valence-electron chi connectivity index (χ2n) is 1.38. The Balaban J connectivity index is 2.85. The summed E-state index contributed by atoms with van der Waals surface area (Å²) in [7, 11) is 0. The normalized spacial score (nSPS) is 12.6. The average molecular weight is 115 g/mol. The van der Waals surface area contributed by atoms with E-state index in [4.69, 9.17) is 10.4 Å². The highest BCUT2D eigenvalue weighted by Gasteiger charge is 1.90. The van der Waals surface area contributed by atoms with Crippen LogP contribution in [0.1, 0.15) is 13.3 Å². The van der Waals surface area contributed by atoms with Gasteiger partial charge in [0.2, 0.25) is 0 Å². The number of rotatable bonds is 3. The fourth-order valence-corrected chi connectivity index (χ4v) is 0.275. The molecule has 0 heterocycles. The van der Waals surface area contributed by atoms with Crippen LogP contribution in [0.5, 0.6) is 0 Å². The summed E-state index contributed by atoms with van der Waals surface area (Å²) in [6.45, 7) is 1.82. The molecule has 0 aromatic carbocycles. The molecule has 0 spiro atoms. The third kappa shape index (κ3) is 5.41. The van der Waals surface area contributed by atoms with Crippen LogP contribution in [-0.4, -0.2) is 18.0 Å². The van der Waals surface area contributed by atoms with Gasteiger partial charge < -0.3 is 9.84 Å². The van der Waals surface area contributed by atoms with Gasteiger partial charge in [-0.2, -0.15) is 5.26 Å². The van der Waals surface area contributed by atoms with Crippen molar-refractivity contribution in [2.24, 2.45) is 0 Å². The van der Waals surface area contributed by atoms with E-state index < -0.39 is 6.29 Å². The minimum absolute atomic E-state index is 0.314. The van der Waals surface area contributed by atoms with E-state index in [1.165, 1.54) is 6.92 Å². The molecule has 3 heteroatoms. The zero-order valence-corrected chi connectivity index (χ0v) is 4.79. The molecule has 1 atom stereocenters. The standard InChI is InChI=1S/C5H9NO2/c1-5(7)8-4-2-3-6/h5,7H,2,4H2,1H3. The molecule has 0 bridgehead atoms. The van der Waals surface area contributed by atoms with Gasteiger partial charge in [0.15, 0.2) is 6.29 Å². The fraction of sp³-hybridized carbons (Fsp3) is 0.800. The Morgan fingerprint density at radius 1 is 1.88 bits per heavy atom. The highest BCUT2D eigenvalue weighted by molar-refractivity contribution is 4.66. The Bertz CT molecular complexity index is 84.9. The van der Waals surface area contributed by atoms with Crippen molar-refractivity contribution in [3.8, 4) is 6.07 Å². The maximum atomic E-state index is 8.45. The van der Waals surface area contributed by atoms with E-state index in [2.05, 4.69) is 4.74 Å². The van der Waals surface area contributed by atoms with Gasteiger partial charge in [-0.15, -0.1) is 0 Å². The van der Waals surface area contributed by atoms with Gasteiger partial charge in [0.05, 0.1) is 19.1 Å². The first-order valence-corrected chi connectivity index (χ1v) is 2.44. The Morgan fingerprint density at radius 2 is 2.50 bits per heavy atom. The fourth-order valence-electron chi connectivity index (χ4n) is 0.275. The lowest BCUT2D eigenvalue weighted by Crippen LogP contribution is -2.06. The smallest absolute Gasteiger partial charge is 0.151 e. The predicted octanol–water partition coefficient (Wildman–Crippen LogP) is 0.255. The summed E-state index contributed by atoms with van der Waals surface area (Å²) in [6.07, 6.45) is -0.409. The summed E-state index contributed by atoms with van der Waals surface area (Å²) >= 11 is 0. The van der Waals surface area contributed by atoms with E-state index in [-0.39, 0.29) is 0 Å². The van der Waals surface area contributed by atoms with Gasteiger partial charge in [-0.05, 0) is 6.92 Å². The summed E-state index contributed by atoms with van der Waals surface area (Å²) in [4.78, 5) is 0. The van der Waals surface area contributed by atoms with E-state index in [1.54, 1.807) is 0 Å². The SMILES string of the molecule is CC(O)OCCC#N. The summed E-state index contributed by atoms with van der Waals surface area (Å²) < 4.78 is 4.62. The van der Waals surface area contributed by atoms with E-state index in [1.807, 2.05) is 6.07 Å². The quantitative estimate of drug-likeness (QED) is 0.424. The predicted molar refractivity (Wildman–Crippen MR) is 27.9 cm³/mol. The highest BCUT2D eigenvalue weighted by Crippen LogP contribution is 1.84. The number of hydrogen-bond donors (Lipinski definition) is 1. The van der Waals surface area contributed by atoms with Crippen molar-refractivity contribution in [1.29, 1.82) is 5.26 Å². The van der Waals surface area contributed by atoms with Crippen LogP contribution in [0.4, 0.5) is 0 Å². The van der Waals surface area contributed by atoms with Crippen molar-refractivity contribution in [2.75, 3.05) is 6.61 Å². The molecule has 8 heavy (non-hydrogen) atoms. The van der Waals surface area contributed by atoms with Gasteiger partial charge in [-0.3, -0.25) is 0 Å². The molecule has 46 valence electrons. The molecule has 0 aromatic heterocycles. The zero-order chi connectivity index (χ0) is 6.41. The van der Waals surface area contributed by atoms with Crippen LogP contribution >= 0.6 is 0 Å². The van der Waals surface area contributed by atoms with Crippen molar-refractivity contribution in [1.82, 2.24) is 0 Å². The molecule has 0 amide bonds. The van der Waals surface area contributed by atoms with Crippen LogP contribution < -0.4 is 0 Å². The Hall–Kier alpha value is -0.590. The second kappa shape index (κ2) is 4.57. The molecular weight excluding hydrogens is 106 g/mol. The van der Waals surface area contributed by atoms with Crippen LogP contribution in [0.2, 0.25) is 0 Å². The summed E-state index contributed by atoms with van der Waals surface area (Å²) in [6, 6.07) is 1.89. The van der Waals surface area contributed by atoms with Crippen molar-refractivity contribution in [3.63, 3.8) is 0 Å². The molecule has 0 rings (SSSR count). The maximum absolute atomic E-state index is 8.45. The third-order valence-corrected chi connectivity index (χ3v) is 0.573. The van der Waals surface area contributed by atoms with Crippen LogP contribution in [-0.2, 0) is 4.74 Å². The van der Waals surface area contributed by atoms with Crippen LogP contribution in [0.3, 0.4) is 0 Å². The van der Waals surface area contributed by atoms with E-state index >= 15 is 0 Å². The van der Waals surface area contributed by atoms with Crippen LogP contribution in [0, 0.1) is 11.3 Å². The van der Waals surface area contributed by atoms with Gasteiger partial charge in [0.1, 0.15) is 0 Å². The summed E-state index contributed by atoms with van der Waals surface area (Å²) in [5.41, 5.74) is 0. The lowest BCUT2D eigenvalue weighted by molar-refractivity contribution is -0.0830. The van der Waals surface area contributed by atoms with Crippen LogP contribution in [0.15, 0.2) is 0 Å². The average Bonchev–Trinajstić information content (AvgIpc) is 1.66. The third-order valence-electron chi connectivity index (χ3n) is 0.573. The minimum atomic E-state index is -0.747. The number of aliphatic hydroxyl groups excluding tert-OH is 1. The summed E-state index contributed by atoms with van der Waals surface area (Å²) in [5, 5.41) is 16.4. The van der Waals surface area contributed by atoms with E-state index in [0.717, 1.165) is 0 Å². The summed E-state index contributed by atoms with van der Waals surface area (Å²) in [5.74, 6) is 0. The first-order chi connectivity index (χ1) is 3.77. The van der Waals surface area contributed by atoms with E-state index in [9.17, 15) is 0 Å². The first-order valence-electron chi connectivity index (χ1n) is 2.44. The highest BCUT2D eigenvalue weighted by atomic mass is 16.6. The Morgan fingerprint density at radius 3 is 2.88 bits per heavy atom. The van der Waals surface area contributed by atoms with Crippen molar-refractivity contribution >= 4 is 0 Å². The van der Waals surface area contributed by atoms with Gasteiger partial charge >= 0.3 is 0 Å². The topological polar surface area (TPSA) is 53.2 Å². The number of ether oxygens (including phenoxy) is 1. The molecule has 0 aromatic rings. The molecule has 0 saturated heterocycles. The van der Waals surface area contributed by atoms with Gasteiger partial charge in [-0.1, -0.05) is 0 Å². The number of hydrogen-bond acceptors (Lipinski definition) is 3. The Kier molecular flexibility index (Phi) is 4.23. The minimum Gasteiger partial charge on any atom is -0.368 e. The largest absolute Gasteiger partial charge is 0.368 e. The second-order valence-corrected chi connectivity index (χ2v) is 1.38. The maximum Gasteiger partial charge on any atom is 0.151 e. The molecule has 0 aliphatic carbocycles. The molecule has 1 N–H and O–H groups in total. The van der Waals surface area contributed by atoms with Crippen molar-refractivity contribution in [2.45, 2.75) is 19.6 Å². The number of nitrogens with zero attached hydrogens (tertiary/aromatic N) is 1. The molecule has 0 aliphatic heterocycles. The Labute approximate surface area is 48.5 Å².